The van der Waals surface area contributed by atoms with Gasteiger partial charge in [-0.05, 0) is 74.0 Å². The van der Waals surface area contributed by atoms with E-state index < -0.39 is 29.3 Å². The van der Waals surface area contributed by atoms with Crippen molar-refractivity contribution >= 4 is 39.6 Å². The zero-order valence-corrected chi connectivity index (χ0v) is 18.6. The fraction of sp³-hybridized carbons (Fsp3) is 0.333. The van der Waals surface area contributed by atoms with Gasteiger partial charge < -0.3 is 14.4 Å². The van der Waals surface area contributed by atoms with E-state index in [-0.39, 0.29) is 0 Å². The first-order valence-corrected chi connectivity index (χ1v) is 10.0. The van der Waals surface area contributed by atoms with Crippen molar-refractivity contribution in [3.8, 4) is 0 Å². The number of carboxylic acids is 1. The maximum Gasteiger partial charge on any atom is 0.337 e. The second-order valence-electron chi connectivity index (χ2n) is 7.80. The van der Waals surface area contributed by atoms with E-state index >= 15 is 0 Å². The molecule has 0 saturated heterocycles. The summed E-state index contributed by atoms with van der Waals surface area (Å²) < 4.78 is 35.1. The second kappa shape index (κ2) is 7.98. The van der Waals surface area contributed by atoms with Crippen molar-refractivity contribution in [2.24, 2.45) is 0 Å². The summed E-state index contributed by atoms with van der Waals surface area (Å²) in [5.74, 6) is -2.87. The van der Waals surface area contributed by atoms with E-state index in [1.165, 1.54) is 6.07 Å². The maximum absolute atomic E-state index is 13.5. The molecule has 0 spiro atoms. The van der Waals surface area contributed by atoms with Crippen LogP contribution in [-0.2, 0) is 16.1 Å². The highest BCUT2D eigenvalue weighted by atomic mass is 127. The Morgan fingerprint density at radius 3 is 2.55 bits per heavy atom. The molecule has 8 heteroatoms. The largest absolute Gasteiger partial charge is 0.479 e. The van der Waals surface area contributed by atoms with Crippen molar-refractivity contribution in [2.75, 3.05) is 0 Å². The molecule has 0 bridgehead atoms. The number of benzene rings is 1. The van der Waals surface area contributed by atoms with Gasteiger partial charge in [-0.2, -0.15) is 0 Å². The topological polar surface area (TPSA) is 64.4 Å². The van der Waals surface area contributed by atoms with E-state index in [0.717, 1.165) is 21.1 Å². The number of aromatic nitrogens is 2. The predicted octanol–water partition coefficient (Wildman–Crippen LogP) is 5.22. The molecule has 1 aromatic carbocycles. The van der Waals surface area contributed by atoms with Gasteiger partial charge in [0, 0.05) is 33.0 Å². The van der Waals surface area contributed by atoms with Gasteiger partial charge in [0.1, 0.15) is 5.65 Å². The average Bonchev–Trinajstić information content (AvgIpc) is 2.99. The molecule has 3 aromatic rings. The first-order valence-electron chi connectivity index (χ1n) is 8.97. The first-order chi connectivity index (χ1) is 13.5. The number of carbonyl (C=O) groups is 1. The smallest absolute Gasteiger partial charge is 0.337 e. The number of pyridine rings is 1. The Balaban J connectivity index is 2.06. The number of aliphatic carboxylic acids is 1. The van der Waals surface area contributed by atoms with Gasteiger partial charge in [-0.3, -0.25) is 0 Å². The van der Waals surface area contributed by atoms with Crippen LogP contribution in [0.3, 0.4) is 0 Å². The van der Waals surface area contributed by atoms with Gasteiger partial charge in [0.15, 0.2) is 17.7 Å². The molecule has 3 rings (SSSR count). The highest BCUT2D eigenvalue weighted by Crippen LogP contribution is 2.34. The average molecular weight is 514 g/mol. The summed E-state index contributed by atoms with van der Waals surface area (Å²) in [6, 6.07) is 5.61. The van der Waals surface area contributed by atoms with Crippen LogP contribution in [0.2, 0.25) is 0 Å². The molecule has 2 aromatic heterocycles. The molecule has 0 aliphatic heterocycles. The van der Waals surface area contributed by atoms with E-state index in [1.54, 1.807) is 33.9 Å². The molecule has 5 nitrogen and oxygen atoms in total. The summed E-state index contributed by atoms with van der Waals surface area (Å²) in [6.45, 7) is 7.46. The lowest BCUT2D eigenvalue weighted by Gasteiger charge is -2.26. The summed E-state index contributed by atoms with van der Waals surface area (Å²) in [6.07, 6.45) is 0.651. The van der Waals surface area contributed by atoms with Crippen molar-refractivity contribution in [1.29, 1.82) is 0 Å². The number of carboxylic acid groups (broad SMARTS) is 1. The maximum atomic E-state index is 13.5. The third kappa shape index (κ3) is 4.58. The number of ether oxygens (including phenoxy) is 1. The number of rotatable bonds is 5. The molecule has 0 amide bonds. The van der Waals surface area contributed by atoms with Gasteiger partial charge in [-0.25, -0.2) is 18.6 Å². The lowest BCUT2D eigenvalue weighted by Crippen LogP contribution is -2.28. The number of fused-ring (bicyclic) bond motifs is 1. The highest BCUT2D eigenvalue weighted by Gasteiger charge is 2.31. The van der Waals surface area contributed by atoms with Crippen LogP contribution in [0.25, 0.3) is 11.0 Å². The molecule has 0 aliphatic rings. The van der Waals surface area contributed by atoms with Crippen LogP contribution in [0, 0.1) is 22.1 Å². The predicted molar refractivity (Wildman–Crippen MR) is 114 cm³/mol. The van der Waals surface area contributed by atoms with E-state index in [1.807, 2.05) is 10.6 Å². The fourth-order valence-corrected chi connectivity index (χ4v) is 4.23. The molecular weight excluding hydrogens is 493 g/mol. The Labute approximate surface area is 180 Å². The number of nitrogens with zero attached hydrogens (tertiary/aromatic N) is 2. The van der Waals surface area contributed by atoms with Crippen LogP contribution >= 0.6 is 22.6 Å². The molecule has 0 radical (unpaired) electrons. The summed E-state index contributed by atoms with van der Waals surface area (Å²) in [7, 11) is 0. The SMILES string of the molecule is Cc1nc2c(ccn2Cc2ccc(F)c(F)c2)c(I)c1C(OC(C)(C)C)C(=O)O. The second-order valence-corrected chi connectivity index (χ2v) is 8.88. The number of hydrogen-bond donors (Lipinski definition) is 1. The lowest BCUT2D eigenvalue weighted by molar-refractivity contribution is -0.160. The van der Waals surface area contributed by atoms with Gasteiger partial charge in [0.05, 0.1) is 5.60 Å². The van der Waals surface area contributed by atoms with E-state index in [4.69, 9.17) is 4.74 Å². The molecule has 0 fully saturated rings. The summed E-state index contributed by atoms with van der Waals surface area (Å²) in [5.41, 5.74) is 1.65. The number of aryl methyl sites for hydroxylation is 1. The van der Waals surface area contributed by atoms with E-state index in [9.17, 15) is 18.7 Å². The van der Waals surface area contributed by atoms with Gasteiger partial charge >= 0.3 is 5.97 Å². The zero-order chi connectivity index (χ0) is 21.5. The van der Waals surface area contributed by atoms with Crippen molar-refractivity contribution in [3.63, 3.8) is 0 Å². The Morgan fingerprint density at radius 2 is 1.97 bits per heavy atom. The lowest BCUT2D eigenvalue weighted by atomic mass is 10.0. The van der Waals surface area contributed by atoms with Gasteiger partial charge in [0.25, 0.3) is 0 Å². The van der Waals surface area contributed by atoms with Crippen LogP contribution < -0.4 is 0 Å². The third-order valence-electron chi connectivity index (χ3n) is 4.37. The summed E-state index contributed by atoms with van der Waals surface area (Å²) >= 11 is 2.11. The molecule has 154 valence electrons. The van der Waals surface area contributed by atoms with Crippen molar-refractivity contribution < 1.29 is 23.4 Å². The molecule has 1 N–H and O–H groups in total. The minimum atomic E-state index is -1.15. The molecule has 29 heavy (non-hydrogen) atoms. The van der Waals surface area contributed by atoms with E-state index in [2.05, 4.69) is 27.6 Å². The van der Waals surface area contributed by atoms with Crippen LogP contribution in [0.15, 0.2) is 30.5 Å². The van der Waals surface area contributed by atoms with Crippen molar-refractivity contribution in [2.45, 2.75) is 45.9 Å². The van der Waals surface area contributed by atoms with Gasteiger partial charge in [0.2, 0.25) is 0 Å². The molecule has 0 aliphatic carbocycles. The normalized spacial score (nSPS) is 13.1. The van der Waals surface area contributed by atoms with Crippen LogP contribution in [0.4, 0.5) is 8.78 Å². The molecular formula is C21H21F2IN2O3. The summed E-state index contributed by atoms with van der Waals surface area (Å²) in [4.78, 5) is 16.5. The number of halogens is 3. The Bertz CT molecular complexity index is 1090. The molecule has 1 unspecified atom stereocenters. The number of hydrogen-bond acceptors (Lipinski definition) is 3. The van der Waals surface area contributed by atoms with Crippen LogP contribution in [-0.4, -0.2) is 26.2 Å². The van der Waals surface area contributed by atoms with Gasteiger partial charge in [-0.15, -0.1) is 0 Å². The quantitative estimate of drug-likeness (QED) is 0.475. The van der Waals surface area contributed by atoms with Crippen molar-refractivity contribution in [1.82, 2.24) is 9.55 Å². The first kappa shape index (κ1) is 21.6. The van der Waals surface area contributed by atoms with Crippen LogP contribution in [0.5, 0.6) is 0 Å². The monoisotopic (exact) mass is 514 g/mol. The standard InChI is InChI=1S/C21H21F2IN2O3/c1-11-16(18(20(27)28)29-21(2,3)4)17(24)13-7-8-26(19(13)25-11)10-12-5-6-14(22)15(23)9-12/h5-9,18H,10H2,1-4H3,(H,27,28). The van der Waals surface area contributed by atoms with Gasteiger partial charge in [-0.1, -0.05) is 6.07 Å². The summed E-state index contributed by atoms with van der Waals surface area (Å²) in [5, 5.41) is 10.5. The minimum Gasteiger partial charge on any atom is -0.479 e. The Kier molecular flexibility index (Phi) is 5.96. The van der Waals surface area contributed by atoms with Crippen LogP contribution in [0.1, 0.15) is 43.7 Å². The molecule has 1 atom stereocenters. The molecule has 2 heterocycles. The third-order valence-corrected chi connectivity index (χ3v) is 5.53. The van der Waals surface area contributed by atoms with Crippen molar-refractivity contribution in [3.05, 3.63) is 62.5 Å². The van der Waals surface area contributed by atoms with E-state index in [0.29, 0.717) is 29.0 Å². The Hall–Kier alpha value is -2.07. The Morgan fingerprint density at radius 1 is 1.28 bits per heavy atom. The zero-order valence-electron chi connectivity index (χ0n) is 16.5. The highest BCUT2D eigenvalue weighted by molar-refractivity contribution is 14.1. The minimum absolute atomic E-state index is 0.309. The molecule has 0 saturated carbocycles. The fourth-order valence-electron chi connectivity index (χ4n) is 3.14.